The average molecular weight is 416 g/mol. The van der Waals surface area contributed by atoms with E-state index in [0.717, 1.165) is 18.2 Å². The number of nitrogens with zero attached hydrogens (tertiary/aromatic N) is 1. The van der Waals surface area contributed by atoms with E-state index in [2.05, 4.69) is 4.72 Å². The predicted octanol–water partition coefficient (Wildman–Crippen LogP) is 2.87. The fraction of sp³-hybridized carbons (Fsp3) is 0.294. The summed E-state index contributed by atoms with van der Waals surface area (Å²) in [4.78, 5) is -1.06. The van der Waals surface area contributed by atoms with Gasteiger partial charge in [-0.15, -0.1) is 0 Å². The fourth-order valence-corrected chi connectivity index (χ4v) is 5.40. The predicted molar refractivity (Wildman–Crippen MR) is 98.7 cm³/mol. The average Bonchev–Trinajstić information content (AvgIpc) is 2.60. The third-order valence-corrected chi connectivity index (χ3v) is 7.51. The van der Waals surface area contributed by atoms with Crippen molar-refractivity contribution < 1.29 is 25.6 Å². The zero-order valence-electron chi connectivity index (χ0n) is 14.4. The minimum absolute atomic E-state index is 0.0482. The van der Waals surface area contributed by atoms with Crippen LogP contribution in [0.3, 0.4) is 0 Å². The van der Waals surface area contributed by atoms with Gasteiger partial charge in [-0.2, -0.15) is 0 Å². The molecule has 0 spiro atoms. The van der Waals surface area contributed by atoms with Crippen molar-refractivity contribution in [3.63, 3.8) is 0 Å². The summed E-state index contributed by atoms with van der Waals surface area (Å²) < 4.78 is 80.3. The molecule has 1 aliphatic heterocycles. The molecule has 0 fully saturated rings. The fourth-order valence-electron chi connectivity index (χ4n) is 3.02. The van der Waals surface area contributed by atoms with Gasteiger partial charge in [0.05, 0.1) is 11.4 Å². The molecule has 1 heterocycles. The van der Waals surface area contributed by atoms with E-state index >= 15 is 0 Å². The topological polar surface area (TPSA) is 83.6 Å². The van der Waals surface area contributed by atoms with Crippen LogP contribution >= 0.6 is 0 Å². The van der Waals surface area contributed by atoms with Crippen molar-refractivity contribution in [3.05, 3.63) is 53.6 Å². The molecule has 1 aliphatic rings. The number of anilines is 2. The molecule has 6 nitrogen and oxygen atoms in total. The largest absolute Gasteiger partial charge is 0.279 e. The molecule has 0 radical (unpaired) electrons. The maximum atomic E-state index is 13.8. The summed E-state index contributed by atoms with van der Waals surface area (Å²) in [5.41, 5.74) is 1.24. The normalized spacial score (nSPS) is 14.7. The van der Waals surface area contributed by atoms with Gasteiger partial charge in [0.1, 0.15) is 11.6 Å². The molecule has 0 unspecified atom stereocenters. The second-order valence-corrected chi connectivity index (χ2v) is 9.88. The van der Waals surface area contributed by atoms with Gasteiger partial charge in [0.15, 0.2) is 4.90 Å². The minimum atomic E-state index is -4.48. The second kappa shape index (κ2) is 7.08. The van der Waals surface area contributed by atoms with E-state index in [-0.39, 0.29) is 11.4 Å². The van der Waals surface area contributed by atoms with Crippen molar-refractivity contribution in [1.82, 2.24) is 0 Å². The van der Waals surface area contributed by atoms with Crippen molar-refractivity contribution >= 4 is 31.4 Å². The lowest BCUT2D eigenvalue weighted by atomic mass is 10.0. The van der Waals surface area contributed by atoms with Crippen molar-refractivity contribution in [3.8, 4) is 0 Å². The number of sulfonamides is 2. The van der Waals surface area contributed by atoms with Crippen LogP contribution < -0.4 is 9.03 Å². The Morgan fingerprint density at radius 3 is 2.37 bits per heavy atom. The maximum absolute atomic E-state index is 13.8. The number of rotatable bonds is 5. The summed E-state index contributed by atoms with van der Waals surface area (Å²) in [7, 11) is -7.92. The van der Waals surface area contributed by atoms with Crippen LogP contribution in [-0.2, 0) is 26.5 Å². The Balaban J connectivity index is 1.97. The van der Waals surface area contributed by atoms with Gasteiger partial charge in [0.2, 0.25) is 10.0 Å². The number of aryl methyl sites for hydroxylation is 1. The lowest BCUT2D eigenvalue weighted by Gasteiger charge is -2.30. The lowest BCUT2D eigenvalue weighted by Crippen LogP contribution is -2.36. The monoisotopic (exact) mass is 416 g/mol. The van der Waals surface area contributed by atoms with Crippen LogP contribution in [-0.4, -0.2) is 29.1 Å². The smallest absolute Gasteiger partial charge is 0.267 e. The minimum Gasteiger partial charge on any atom is -0.279 e. The van der Waals surface area contributed by atoms with Crippen LogP contribution in [0.5, 0.6) is 0 Å². The van der Waals surface area contributed by atoms with Gasteiger partial charge in [0, 0.05) is 12.2 Å². The van der Waals surface area contributed by atoms with E-state index in [1.165, 1.54) is 22.5 Å². The summed E-state index contributed by atoms with van der Waals surface area (Å²) in [5, 5.41) is 0. The van der Waals surface area contributed by atoms with E-state index < -0.39 is 36.6 Å². The maximum Gasteiger partial charge on any atom is 0.267 e. The molecule has 2 aromatic rings. The molecule has 0 aliphatic carbocycles. The number of nitrogens with one attached hydrogen (secondary N) is 1. The third kappa shape index (κ3) is 3.77. The van der Waals surface area contributed by atoms with Crippen LogP contribution in [0.25, 0.3) is 0 Å². The molecule has 0 saturated carbocycles. The van der Waals surface area contributed by atoms with Crippen LogP contribution in [0.15, 0.2) is 41.3 Å². The number of halogens is 2. The first-order valence-corrected chi connectivity index (χ1v) is 11.3. The Morgan fingerprint density at radius 1 is 1.07 bits per heavy atom. The lowest BCUT2D eigenvalue weighted by molar-refractivity contribution is 0.521. The van der Waals surface area contributed by atoms with Gasteiger partial charge in [0.25, 0.3) is 10.0 Å². The van der Waals surface area contributed by atoms with E-state index in [1.807, 2.05) is 0 Å². The molecule has 0 amide bonds. The highest BCUT2D eigenvalue weighted by atomic mass is 32.2. The molecule has 2 aromatic carbocycles. The first-order chi connectivity index (χ1) is 12.7. The molecule has 1 N–H and O–H groups in total. The number of benzene rings is 2. The molecule has 27 heavy (non-hydrogen) atoms. The summed E-state index contributed by atoms with van der Waals surface area (Å²) in [5.74, 6) is -2.44. The van der Waals surface area contributed by atoms with Gasteiger partial charge >= 0.3 is 0 Å². The van der Waals surface area contributed by atoms with Gasteiger partial charge in [-0.3, -0.25) is 9.03 Å². The summed E-state index contributed by atoms with van der Waals surface area (Å²) in [6, 6.07) is 7.15. The molecule has 3 rings (SSSR count). The Bertz CT molecular complexity index is 1070. The molecular weight excluding hydrogens is 398 g/mol. The highest BCUT2D eigenvalue weighted by Gasteiger charge is 2.28. The molecule has 0 aromatic heterocycles. The number of hydrogen-bond donors (Lipinski definition) is 1. The van der Waals surface area contributed by atoms with Gasteiger partial charge in [-0.25, -0.2) is 25.6 Å². The van der Waals surface area contributed by atoms with Crippen molar-refractivity contribution in [2.75, 3.05) is 21.3 Å². The quantitative estimate of drug-likeness (QED) is 0.812. The molecule has 10 heteroatoms. The number of fused-ring (bicyclic) bond motifs is 1. The second-order valence-electron chi connectivity index (χ2n) is 6.08. The standard InChI is InChI=1S/C17H18F2N2O4S2/c1-2-26(22,23)21-10-4-5-12-11-13(8-9-16(12)21)20-27(24,25)17-14(18)6-3-7-15(17)19/h3,6-9,11,20H,2,4-5,10H2,1H3. The first-order valence-electron chi connectivity index (χ1n) is 8.26. The molecule has 0 bridgehead atoms. The Labute approximate surface area is 156 Å². The molecule has 0 saturated heterocycles. The Hall–Kier alpha value is -2.20. The molecular formula is C17H18F2N2O4S2. The van der Waals surface area contributed by atoms with Crippen LogP contribution in [0.1, 0.15) is 18.9 Å². The van der Waals surface area contributed by atoms with E-state index in [4.69, 9.17) is 0 Å². The van der Waals surface area contributed by atoms with Crippen LogP contribution in [0.4, 0.5) is 20.2 Å². The van der Waals surface area contributed by atoms with E-state index in [9.17, 15) is 25.6 Å². The molecule has 146 valence electrons. The van der Waals surface area contributed by atoms with E-state index in [0.29, 0.717) is 30.6 Å². The van der Waals surface area contributed by atoms with Gasteiger partial charge in [-0.05, 0) is 55.7 Å². The summed E-state index contributed by atoms with van der Waals surface area (Å²) >= 11 is 0. The van der Waals surface area contributed by atoms with Crippen LogP contribution in [0.2, 0.25) is 0 Å². The Kier molecular flexibility index (Phi) is 5.13. The van der Waals surface area contributed by atoms with Crippen molar-refractivity contribution in [2.24, 2.45) is 0 Å². The zero-order chi connectivity index (χ0) is 19.8. The Morgan fingerprint density at radius 2 is 1.74 bits per heavy atom. The highest BCUT2D eigenvalue weighted by Crippen LogP contribution is 2.32. The first kappa shape index (κ1) is 19.6. The van der Waals surface area contributed by atoms with Crippen molar-refractivity contribution in [2.45, 2.75) is 24.7 Å². The van der Waals surface area contributed by atoms with Crippen molar-refractivity contribution in [1.29, 1.82) is 0 Å². The SMILES string of the molecule is CCS(=O)(=O)N1CCCc2cc(NS(=O)(=O)c3c(F)cccc3F)ccc21. The number of hydrogen-bond acceptors (Lipinski definition) is 4. The summed E-state index contributed by atoms with van der Waals surface area (Å²) in [6.45, 7) is 1.91. The van der Waals surface area contributed by atoms with Gasteiger partial charge in [-0.1, -0.05) is 6.07 Å². The van der Waals surface area contributed by atoms with E-state index in [1.54, 1.807) is 6.92 Å². The summed E-state index contributed by atoms with van der Waals surface area (Å²) in [6.07, 6.45) is 1.15. The highest BCUT2D eigenvalue weighted by molar-refractivity contribution is 7.93. The van der Waals surface area contributed by atoms with Gasteiger partial charge < -0.3 is 0 Å². The molecule has 0 atom stereocenters. The van der Waals surface area contributed by atoms with Crippen LogP contribution in [0, 0.1) is 11.6 Å². The zero-order valence-corrected chi connectivity index (χ0v) is 16.1. The third-order valence-electron chi connectivity index (χ3n) is 4.30.